The molecule has 19 heavy (non-hydrogen) atoms. The second-order valence-corrected chi connectivity index (χ2v) is 4.78. The first-order valence-corrected chi connectivity index (χ1v) is 6.51. The van der Waals surface area contributed by atoms with Gasteiger partial charge in [0, 0.05) is 18.1 Å². The molecule has 1 aromatic carbocycles. The number of hydrazine groups is 1. The second-order valence-electron chi connectivity index (χ2n) is 4.78. The summed E-state index contributed by atoms with van der Waals surface area (Å²) in [5, 5.41) is 0. The summed E-state index contributed by atoms with van der Waals surface area (Å²) in [6, 6.07) is 5.74. The summed E-state index contributed by atoms with van der Waals surface area (Å²) < 4.78 is 16.3. The van der Waals surface area contributed by atoms with E-state index in [1.54, 1.807) is 14.2 Å². The average molecular weight is 266 g/mol. The van der Waals surface area contributed by atoms with Gasteiger partial charge in [0.1, 0.15) is 11.5 Å². The number of ether oxygens (including phenoxy) is 3. The van der Waals surface area contributed by atoms with Crippen LogP contribution in [0.15, 0.2) is 18.2 Å². The first-order chi connectivity index (χ1) is 9.21. The summed E-state index contributed by atoms with van der Waals surface area (Å²) in [6.07, 6.45) is 1.16. The van der Waals surface area contributed by atoms with Crippen molar-refractivity contribution < 1.29 is 14.2 Å². The quantitative estimate of drug-likeness (QED) is 0.626. The molecule has 3 N–H and O–H groups in total. The summed E-state index contributed by atoms with van der Waals surface area (Å²) in [4.78, 5) is 0. The normalized spacial score (nSPS) is 24.2. The zero-order chi connectivity index (χ0) is 13.8. The van der Waals surface area contributed by atoms with Gasteiger partial charge in [-0.05, 0) is 31.5 Å². The molecule has 2 rings (SSSR count). The van der Waals surface area contributed by atoms with Crippen molar-refractivity contribution in [3.8, 4) is 11.5 Å². The third kappa shape index (κ3) is 2.83. The Bertz CT molecular complexity index is 425. The van der Waals surface area contributed by atoms with Crippen molar-refractivity contribution in [2.75, 3.05) is 20.8 Å². The molecule has 106 valence electrons. The van der Waals surface area contributed by atoms with E-state index in [1.807, 2.05) is 18.2 Å². The van der Waals surface area contributed by atoms with Gasteiger partial charge in [-0.25, -0.2) is 0 Å². The van der Waals surface area contributed by atoms with Crippen LogP contribution in [0.5, 0.6) is 11.5 Å². The molecule has 3 unspecified atom stereocenters. The van der Waals surface area contributed by atoms with Gasteiger partial charge in [-0.2, -0.15) is 0 Å². The van der Waals surface area contributed by atoms with Gasteiger partial charge in [-0.15, -0.1) is 0 Å². The molecule has 5 nitrogen and oxygen atoms in total. The van der Waals surface area contributed by atoms with Crippen molar-refractivity contribution in [3.63, 3.8) is 0 Å². The van der Waals surface area contributed by atoms with Gasteiger partial charge < -0.3 is 14.2 Å². The predicted octanol–water partition coefficient (Wildman–Crippen LogP) is 1.63. The van der Waals surface area contributed by atoms with Gasteiger partial charge in [0.05, 0.1) is 26.4 Å². The van der Waals surface area contributed by atoms with Crippen molar-refractivity contribution in [2.24, 2.45) is 11.8 Å². The van der Waals surface area contributed by atoms with Crippen LogP contribution in [0.3, 0.4) is 0 Å². The number of hydrogen-bond acceptors (Lipinski definition) is 5. The van der Waals surface area contributed by atoms with Crippen LogP contribution in [0.1, 0.15) is 24.9 Å². The van der Waals surface area contributed by atoms with Crippen LogP contribution in [0.4, 0.5) is 0 Å². The minimum Gasteiger partial charge on any atom is -0.497 e. The Hall–Kier alpha value is -1.30. The minimum atomic E-state index is -0.0115. The molecule has 1 aliphatic rings. The van der Waals surface area contributed by atoms with Crippen LogP contribution in [-0.4, -0.2) is 26.9 Å². The molecule has 1 aromatic rings. The van der Waals surface area contributed by atoms with Crippen LogP contribution in [0.25, 0.3) is 0 Å². The van der Waals surface area contributed by atoms with Gasteiger partial charge in [0.2, 0.25) is 0 Å². The van der Waals surface area contributed by atoms with E-state index >= 15 is 0 Å². The number of rotatable bonds is 5. The molecule has 0 aromatic heterocycles. The maximum Gasteiger partial charge on any atom is 0.123 e. The number of hydrogen-bond donors (Lipinski definition) is 2. The summed E-state index contributed by atoms with van der Waals surface area (Å²) in [7, 11) is 3.31. The van der Waals surface area contributed by atoms with E-state index in [-0.39, 0.29) is 12.1 Å². The molecular weight excluding hydrogens is 244 g/mol. The van der Waals surface area contributed by atoms with Crippen molar-refractivity contribution in [1.29, 1.82) is 0 Å². The van der Waals surface area contributed by atoms with E-state index in [0.717, 1.165) is 30.1 Å². The molecule has 0 saturated carbocycles. The zero-order valence-corrected chi connectivity index (χ0v) is 11.7. The Morgan fingerprint density at radius 3 is 2.68 bits per heavy atom. The Morgan fingerprint density at radius 1 is 1.37 bits per heavy atom. The van der Waals surface area contributed by atoms with Crippen LogP contribution < -0.4 is 20.7 Å². The standard InChI is InChI=1S/C14H22N2O3/c1-9-11(6-7-19-9)14(16-15)12-8-10(17-2)4-5-13(12)18-3/h4-5,8-9,11,14,16H,6-7,15H2,1-3H3. The van der Waals surface area contributed by atoms with E-state index in [0.29, 0.717) is 5.92 Å². The molecule has 0 bridgehead atoms. The molecule has 0 aliphatic carbocycles. The van der Waals surface area contributed by atoms with Crippen molar-refractivity contribution >= 4 is 0 Å². The largest absolute Gasteiger partial charge is 0.497 e. The highest BCUT2D eigenvalue weighted by Crippen LogP contribution is 2.38. The molecule has 1 saturated heterocycles. The highest BCUT2D eigenvalue weighted by molar-refractivity contribution is 5.42. The Labute approximate surface area is 114 Å². The monoisotopic (exact) mass is 266 g/mol. The fourth-order valence-corrected chi connectivity index (χ4v) is 2.71. The molecule has 1 heterocycles. The van der Waals surface area contributed by atoms with Gasteiger partial charge in [0.25, 0.3) is 0 Å². The predicted molar refractivity (Wildman–Crippen MR) is 73.1 cm³/mol. The fourth-order valence-electron chi connectivity index (χ4n) is 2.71. The topological polar surface area (TPSA) is 65.7 Å². The summed E-state index contributed by atoms with van der Waals surface area (Å²) in [6.45, 7) is 2.85. The molecule has 0 radical (unpaired) electrons. The molecule has 5 heteroatoms. The average Bonchev–Trinajstić information content (AvgIpc) is 2.86. The lowest BCUT2D eigenvalue weighted by atomic mass is 9.88. The van der Waals surface area contributed by atoms with Crippen molar-refractivity contribution in [2.45, 2.75) is 25.5 Å². The van der Waals surface area contributed by atoms with Crippen LogP contribution >= 0.6 is 0 Å². The van der Waals surface area contributed by atoms with Crippen LogP contribution in [-0.2, 0) is 4.74 Å². The third-order valence-corrected chi connectivity index (χ3v) is 3.81. The molecule has 3 atom stereocenters. The molecular formula is C14H22N2O3. The first kappa shape index (κ1) is 14.1. The highest BCUT2D eigenvalue weighted by Gasteiger charge is 2.33. The van der Waals surface area contributed by atoms with Gasteiger partial charge >= 0.3 is 0 Å². The lowest BCUT2D eigenvalue weighted by Crippen LogP contribution is -2.36. The van der Waals surface area contributed by atoms with Crippen LogP contribution in [0, 0.1) is 5.92 Å². The summed E-state index contributed by atoms with van der Waals surface area (Å²) in [5.74, 6) is 7.69. The lowest BCUT2D eigenvalue weighted by Gasteiger charge is -2.27. The first-order valence-electron chi connectivity index (χ1n) is 6.51. The van der Waals surface area contributed by atoms with E-state index in [4.69, 9.17) is 20.1 Å². The Balaban J connectivity index is 2.35. The number of nitrogens with two attached hydrogens (primary N) is 1. The van der Waals surface area contributed by atoms with Crippen molar-refractivity contribution in [1.82, 2.24) is 5.43 Å². The van der Waals surface area contributed by atoms with Gasteiger partial charge in [-0.3, -0.25) is 11.3 Å². The SMILES string of the molecule is COc1ccc(OC)c(C(NN)C2CCOC2C)c1. The maximum absolute atomic E-state index is 5.76. The minimum absolute atomic E-state index is 0.0115. The van der Waals surface area contributed by atoms with Gasteiger partial charge in [0.15, 0.2) is 0 Å². The number of nitrogens with one attached hydrogen (secondary N) is 1. The number of benzene rings is 1. The van der Waals surface area contributed by atoms with E-state index in [2.05, 4.69) is 12.3 Å². The smallest absolute Gasteiger partial charge is 0.123 e. The maximum atomic E-state index is 5.76. The summed E-state index contributed by atoms with van der Waals surface area (Å²) >= 11 is 0. The highest BCUT2D eigenvalue weighted by atomic mass is 16.5. The van der Waals surface area contributed by atoms with E-state index in [9.17, 15) is 0 Å². The van der Waals surface area contributed by atoms with E-state index < -0.39 is 0 Å². The molecule has 0 spiro atoms. The van der Waals surface area contributed by atoms with Crippen molar-refractivity contribution in [3.05, 3.63) is 23.8 Å². The fraction of sp³-hybridized carbons (Fsp3) is 0.571. The molecule has 1 aliphatic heterocycles. The Morgan fingerprint density at radius 2 is 2.16 bits per heavy atom. The molecule has 1 fully saturated rings. The van der Waals surface area contributed by atoms with E-state index in [1.165, 1.54) is 0 Å². The number of methoxy groups -OCH3 is 2. The van der Waals surface area contributed by atoms with Crippen LogP contribution in [0.2, 0.25) is 0 Å². The second kappa shape index (κ2) is 6.23. The third-order valence-electron chi connectivity index (χ3n) is 3.81. The zero-order valence-electron chi connectivity index (χ0n) is 11.7. The Kier molecular flexibility index (Phi) is 4.63. The lowest BCUT2D eigenvalue weighted by molar-refractivity contribution is 0.0950. The van der Waals surface area contributed by atoms with Gasteiger partial charge in [-0.1, -0.05) is 0 Å². The molecule has 0 amide bonds. The summed E-state index contributed by atoms with van der Waals surface area (Å²) in [5.41, 5.74) is 3.91.